The summed E-state index contributed by atoms with van der Waals surface area (Å²) in [5, 5.41) is 10.7. The first kappa shape index (κ1) is 25.9. The summed E-state index contributed by atoms with van der Waals surface area (Å²) in [6, 6.07) is 17.5. The summed E-state index contributed by atoms with van der Waals surface area (Å²) in [7, 11) is 0. The zero-order chi connectivity index (χ0) is 27.9. The number of alkyl halides is 3. The van der Waals surface area contributed by atoms with E-state index in [1.807, 2.05) is 54.6 Å². The molecule has 4 aromatic rings. The molecule has 9 nitrogen and oxygen atoms in total. The van der Waals surface area contributed by atoms with Crippen LogP contribution in [0.2, 0.25) is 0 Å². The van der Waals surface area contributed by atoms with Gasteiger partial charge >= 0.3 is 12.2 Å². The number of ketones is 1. The fraction of sp³-hybridized carbons (Fsp3) is 0.222. The van der Waals surface area contributed by atoms with E-state index >= 15 is 0 Å². The number of amides is 1. The maximum atomic E-state index is 13.6. The molecule has 6 rings (SSSR count). The van der Waals surface area contributed by atoms with Crippen LogP contribution in [0.3, 0.4) is 0 Å². The molecule has 2 aliphatic rings. The van der Waals surface area contributed by atoms with Crippen molar-refractivity contribution in [1.29, 1.82) is 0 Å². The van der Waals surface area contributed by atoms with Crippen molar-refractivity contribution < 1.29 is 31.9 Å². The van der Waals surface area contributed by atoms with Crippen LogP contribution in [0.4, 0.5) is 24.2 Å². The van der Waals surface area contributed by atoms with Crippen molar-refractivity contribution in [2.24, 2.45) is 4.99 Å². The standard InChI is InChI=1S/C27H20F3N5O4S/c28-27(29,30)20-13-18(25(40-20)35-10-11-38-14-21(35)37)24-33-34-26(39-24)32-23-19(36)12-16-8-4-5-9-17(16)22(31-23)15-6-2-1-3-7-15/h1-9,13,23H,10-12,14H2,(H,32,34)/t23-/m1/s1. The molecule has 1 amide bonds. The Kier molecular flexibility index (Phi) is 6.68. The number of aromatic nitrogens is 2. The quantitative estimate of drug-likeness (QED) is 0.376. The highest BCUT2D eigenvalue weighted by atomic mass is 32.1. The number of rotatable bonds is 5. The van der Waals surface area contributed by atoms with Crippen molar-refractivity contribution >= 4 is 39.8 Å². The van der Waals surface area contributed by atoms with Gasteiger partial charge in [-0.3, -0.25) is 19.5 Å². The molecule has 13 heteroatoms. The van der Waals surface area contributed by atoms with Crippen LogP contribution in [0.5, 0.6) is 0 Å². The molecule has 2 aromatic heterocycles. The minimum atomic E-state index is -4.64. The molecule has 2 aromatic carbocycles. The smallest absolute Gasteiger partial charge is 0.403 e. The average molecular weight is 568 g/mol. The summed E-state index contributed by atoms with van der Waals surface area (Å²) in [5.41, 5.74) is 2.99. The zero-order valence-corrected chi connectivity index (χ0v) is 21.5. The Hall–Kier alpha value is -4.36. The third kappa shape index (κ3) is 5.00. The molecule has 4 heterocycles. The van der Waals surface area contributed by atoms with E-state index < -0.39 is 23.1 Å². The number of thiophene rings is 1. The van der Waals surface area contributed by atoms with Gasteiger partial charge in [-0.1, -0.05) is 59.7 Å². The van der Waals surface area contributed by atoms with Gasteiger partial charge < -0.3 is 14.5 Å². The van der Waals surface area contributed by atoms with Gasteiger partial charge in [-0.15, -0.1) is 16.4 Å². The van der Waals surface area contributed by atoms with Gasteiger partial charge in [0, 0.05) is 17.5 Å². The van der Waals surface area contributed by atoms with E-state index in [0.29, 0.717) is 17.0 Å². The molecule has 2 aliphatic heterocycles. The fourth-order valence-corrected chi connectivity index (χ4v) is 5.57. The second-order valence-electron chi connectivity index (χ2n) is 9.03. The number of halogens is 3. The molecular weight excluding hydrogens is 547 g/mol. The number of hydrogen-bond donors (Lipinski definition) is 1. The number of carbonyl (C=O) groups is 2. The minimum absolute atomic E-state index is 0.0289. The lowest BCUT2D eigenvalue weighted by Gasteiger charge is -2.26. The Labute approximate surface area is 229 Å². The van der Waals surface area contributed by atoms with Crippen molar-refractivity contribution in [2.45, 2.75) is 18.8 Å². The number of aliphatic imine (C=N–C) groups is 1. The minimum Gasteiger partial charge on any atom is -0.403 e. The molecule has 0 radical (unpaired) electrons. The lowest BCUT2D eigenvalue weighted by molar-refractivity contribution is -0.134. The number of nitrogens with zero attached hydrogens (tertiary/aromatic N) is 4. The number of morpholine rings is 1. The van der Waals surface area contributed by atoms with Gasteiger partial charge in [-0.05, 0) is 11.6 Å². The fourth-order valence-electron chi connectivity index (χ4n) is 4.51. The van der Waals surface area contributed by atoms with E-state index in [2.05, 4.69) is 15.5 Å². The van der Waals surface area contributed by atoms with E-state index in [4.69, 9.17) is 14.1 Å². The van der Waals surface area contributed by atoms with Crippen LogP contribution in [0.1, 0.15) is 21.6 Å². The summed E-state index contributed by atoms with van der Waals surface area (Å²) in [5.74, 6) is -0.972. The molecule has 0 unspecified atom stereocenters. The SMILES string of the molecule is O=C1Cc2ccccc2C(c2ccccc2)=N[C@@H]1Nc1nnc(-c2cc(C(F)(F)F)sc2N2CCOCC2=O)o1. The maximum absolute atomic E-state index is 13.6. The Morgan fingerprint density at radius 2 is 1.77 bits per heavy atom. The first-order chi connectivity index (χ1) is 19.3. The third-order valence-electron chi connectivity index (χ3n) is 6.39. The number of ether oxygens (including phenoxy) is 1. The molecule has 40 heavy (non-hydrogen) atoms. The molecular formula is C27H20F3N5O4S. The Morgan fingerprint density at radius 3 is 2.55 bits per heavy atom. The second-order valence-corrected chi connectivity index (χ2v) is 10.1. The van der Waals surface area contributed by atoms with Crippen molar-refractivity contribution in [3.63, 3.8) is 0 Å². The number of anilines is 2. The zero-order valence-electron chi connectivity index (χ0n) is 20.6. The summed E-state index contributed by atoms with van der Waals surface area (Å²) < 4.78 is 51.6. The third-order valence-corrected chi connectivity index (χ3v) is 7.59. The van der Waals surface area contributed by atoms with Crippen LogP contribution in [-0.4, -0.2) is 53.5 Å². The van der Waals surface area contributed by atoms with Gasteiger partial charge in [-0.25, -0.2) is 0 Å². The van der Waals surface area contributed by atoms with Crippen molar-refractivity contribution in [3.8, 4) is 11.5 Å². The number of Topliss-reactive ketones (excluding diaryl/α,β-unsaturated/α-hetero) is 1. The second kappa shape index (κ2) is 10.3. The van der Waals surface area contributed by atoms with Crippen molar-refractivity contribution in [1.82, 2.24) is 10.2 Å². The lowest BCUT2D eigenvalue weighted by Crippen LogP contribution is -2.41. The van der Waals surface area contributed by atoms with Gasteiger partial charge in [0.1, 0.15) is 16.5 Å². The molecule has 1 fully saturated rings. The Morgan fingerprint density at radius 1 is 1.00 bits per heavy atom. The van der Waals surface area contributed by atoms with Crippen LogP contribution in [-0.2, 0) is 26.9 Å². The molecule has 0 bridgehead atoms. The lowest BCUT2D eigenvalue weighted by atomic mass is 9.96. The van der Waals surface area contributed by atoms with Crippen LogP contribution in [0.25, 0.3) is 11.5 Å². The average Bonchev–Trinajstić information content (AvgIpc) is 3.57. The van der Waals surface area contributed by atoms with E-state index in [-0.39, 0.29) is 54.4 Å². The highest BCUT2D eigenvalue weighted by Crippen LogP contribution is 2.45. The summed E-state index contributed by atoms with van der Waals surface area (Å²) in [6.07, 6.45) is -5.64. The Balaban J connectivity index is 1.35. The largest absolute Gasteiger partial charge is 0.425 e. The number of nitrogens with one attached hydrogen (secondary N) is 1. The summed E-state index contributed by atoms with van der Waals surface area (Å²) >= 11 is 0.411. The van der Waals surface area contributed by atoms with Gasteiger partial charge in [0.15, 0.2) is 11.9 Å². The highest BCUT2D eigenvalue weighted by Gasteiger charge is 2.37. The molecule has 1 atom stereocenters. The van der Waals surface area contributed by atoms with Crippen LogP contribution in [0, 0.1) is 0 Å². The van der Waals surface area contributed by atoms with Crippen LogP contribution < -0.4 is 10.2 Å². The number of fused-ring (bicyclic) bond motifs is 1. The predicted octanol–water partition coefficient (Wildman–Crippen LogP) is 4.58. The van der Waals surface area contributed by atoms with Crippen LogP contribution >= 0.6 is 11.3 Å². The van der Waals surface area contributed by atoms with Crippen molar-refractivity contribution in [3.05, 3.63) is 82.2 Å². The predicted molar refractivity (Wildman–Crippen MR) is 140 cm³/mol. The number of hydrogen-bond acceptors (Lipinski definition) is 9. The summed E-state index contributed by atoms with van der Waals surface area (Å²) in [6.45, 7) is 0.00919. The topological polar surface area (TPSA) is 110 Å². The molecule has 1 saturated heterocycles. The van der Waals surface area contributed by atoms with Gasteiger partial charge in [0.05, 0.1) is 24.4 Å². The summed E-state index contributed by atoms with van der Waals surface area (Å²) in [4.78, 5) is 30.6. The van der Waals surface area contributed by atoms with E-state index in [0.717, 1.165) is 22.8 Å². The van der Waals surface area contributed by atoms with E-state index in [9.17, 15) is 22.8 Å². The van der Waals surface area contributed by atoms with E-state index in [1.54, 1.807) is 0 Å². The Bertz CT molecular complexity index is 1620. The number of benzene rings is 2. The normalized spacial score (nSPS) is 17.8. The first-order valence-electron chi connectivity index (χ1n) is 12.2. The maximum Gasteiger partial charge on any atom is 0.425 e. The van der Waals surface area contributed by atoms with Gasteiger partial charge in [0.25, 0.3) is 11.8 Å². The highest BCUT2D eigenvalue weighted by molar-refractivity contribution is 7.17. The van der Waals surface area contributed by atoms with Crippen molar-refractivity contribution in [2.75, 3.05) is 30.0 Å². The molecule has 1 N–H and O–H groups in total. The van der Waals surface area contributed by atoms with Crippen LogP contribution in [0.15, 0.2) is 70.1 Å². The molecule has 0 saturated carbocycles. The van der Waals surface area contributed by atoms with Gasteiger partial charge in [0.2, 0.25) is 0 Å². The van der Waals surface area contributed by atoms with E-state index in [1.165, 1.54) is 4.90 Å². The molecule has 204 valence electrons. The molecule has 0 aliphatic carbocycles. The number of carbonyl (C=O) groups excluding carboxylic acids is 2. The monoisotopic (exact) mass is 567 g/mol. The van der Waals surface area contributed by atoms with Gasteiger partial charge in [-0.2, -0.15) is 13.2 Å². The first-order valence-corrected chi connectivity index (χ1v) is 13.0. The molecule has 0 spiro atoms.